The first kappa shape index (κ1) is 14.5. The minimum absolute atomic E-state index is 0.0121. The van der Waals surface area contributed by atoms with Crippen LogP contribution in [0.5, 0.6) is 0 Å². The molecule has 3 heteroatoms. The summed E-state index contributed by atoms with van der Waals surface area (Å²) >= 11 is 0. The first-order chi connectivity index (χ1) is 8.02. The molecule has 0 aromatic carbocycles. The highest BCUT2D eigenvalue weighted by molar-refractivity contribution is 5.76. The number of rotatable bonds is 5. The molecule has 0 aliphatic heterocycles. The molecule has 0 saturated heterocycles. The second-order valence-electron chi connectivity index (χ2n) is 5.81. The number of carbonyl (C=O) groups excluding carboxylic acids is 1. The van der Waals surface area contributed by atoms with Gasteiger partial charge in [0.15, 0.2) is 0 Å². The molecule has 100 valence electrons. The first-order valence-electron chi connectivity index (χ1n) is 7.07. The molecule has 0 radical (unpaired) electrons. The maximum atomic E-state index is 11.8. The molecule has 0 aromatic heterocycles. The van der Waals surface area contributed by atoms with Crippen LogP contribution >= 0.6 is 0 Å². The number of hydrogen-bond donors (Lipinski definition) is 2. The van der Waals surface area contributed by atoms with E-state index < -0.39 is 0 Å². The second-order valence-corrected chi connectivity index (χ2v) is 5.81. The zero-order valence-corrected chi connectivity index (χ0v) is 11.5. The Kier molecular flexibility index (Phi) is 5.96. The van der Waals surface area contributed by atoms with Crippen molar-refractivity contribution >= 4 is 5.91 Å². The zero-order valence-electron chi connectivity index (χ0n) is 11.5. The zero-order chi connectivity index (χ0) is 12.8. The van der Waals surface area contributed by atoms with Gasteiger partial charge in [0.1, 0.15) is 0 Å². The fourth-order valence-electron chi connectivity index (χ4n) is 2.45. The molecule has 0 bridgehead atoms. The SMILES string of the molecule is CCC1CCC(NC(=O)CC(N)C(C)C)CC1. The van der Waals surface area contributed by atoms with Crippen LogP contribution in [0.4, 0.5) is 0 Å². The van der Waals surface area contributed by atoms with E-state index in [9.17, 15) is 4.79 Å². The highest BCUT2D eigenvalue weighted by Gasteiger charge is 2.22. The standard InChI is InChI=1S/C14H28N2O/c1-4-11-5-7-12(8-6-11)16-14(17)9-13(15)10(2)3/h10-13H,4-9,15H2,1-3H3,(H,16,17). The van der Waals surface area contributed by atoms with Gasteiger partial charge in [-0.15, -0.1) is 0 Å². The summed E-state index contributed by atoms with van der Waals surface area (Å²) in [6, 6.07) is 0.381. The Labute approximate surface area is 106 Å². The predicted octanol–water partition coefficient (Wildman–Crippen LogP) is 2.44. The van der Waals surface area contributed by atoms with Crippen molar-refractivity contribution in [2.24, 2.45) is 17.6 Å². The highest BCUT2D eigenvalue weighted by atomic mass is 16.1. The number of amides is 1. The fraction of sp³-hybridized carbons (Fsp3) is 0.929. The Morgan fingerprint density at radius 2 is 1.88 bits per heavy atom. The molecule has 3 N–H and O–H groups in total. The van der Waals surface area contributed by atoms with Crippen LogP contribution in [0.3, 0.4) is 0 Å². The lowest BCUT2D eigenvalue weighted by molar-refractivity contribution is -0.122. The summed E-state index contributed by atoms with van der Waals surface area (Å²) in [6.07, 6.45) is 6.54. The molecule has 1 unspecified atom stereocenters. The van der Waals surface area contributed by atoms with Crippen molar-refractivity contribution in [1.29, 1.82) is 0 Å². The van der Waals surface area contributed by atoms with Crippen LogP contribution < -0.4 is 11.1 Å². The van der Waals surface area contributed by atoms with E-state index >= 15 is 0 Å². The third-order valence-corrected chi connectivity index (χ3v) is 4.07. The van der Waals surface area contributed by atoms with E-state index in [4.69, 9.17) is 5.73 Å². The summed E-state index contributed by atoms with van der Waals surface area (Å²) in [4.78, 5) is 11.8. The Morgan fingerprint density at radius 3 is 2.35 bits per heavy atom. The Balaban J connectivity index is 2.23. The summed E-state index contributed by atoms with van der Waals surface area (Å²) in [5.74, 6) is 1.38. The van der Waals surface area contributed by atoms with Gasteiger partial charge in [-0.3, -0.25) is 4.79 Å². The molecule has 3 nitrogen and oxygen atoms in total. The fourth-order valence-corrected chi connectivity index (χ4v) is 2.45. The topological polar surface area (TPSA) is 55.1 Å². The Hall–Kier alpha value is -0.570. The van der Waals surface area contributed by atoms with Crippen molar-refractivity contribution in [3.05, 3.63) is 0 Å². The van der Waals surface area contributed by atoms with E-state index in [0.717, 1.165) is 18.8 Å². The summed E-state index contributed by atoms with van der Waals surface area (Å²) in [5, 5.41) is 3.13. The molecule has 1 aliphatic rings. The normalized spacial score (nSPS) is 26.9. The third-order valence-electron chi connectivity index (χ3n) is 4.07. The van der Waals surface area contributed by atoms with Crippen LogP contribution in [0.2, 0.25) is 0 Å². The van der Waals surface area contributed by atoms with Crippen molar-refractivity contribution in [3.8, 4) is 0 Å². The Morgan fingerprint density at radius 1 is 1.29 bits per heavy atom. The van der Waals surface area contributed by atoms with Gasteiger partial charge in [0.05, 0.1) is 0 Å². The van der Waals surface area contributed by atoms with Crippen LogP contribution in [0.1, 0.15) is 59.3 Å². The minimum Gasteiger partial charge on any atom is -0.353 e. The highest BCUT2D eigenvalue weighted by Crippen LogP contribution is 2.26. The molecular formula is C14H28N2O. The maximum absolute atomic E-state index is 11.8. The van der Waals surface area contributed by atoms with Crippen molar-refractivity contribution in [2.75, 3.05) is 0 Å². The molecule has 1 fully saturated rings. The summed E-state index contributed by atoms with van der Waals surface area (Å²) < 4.78 is 0. The monoisotopic (exact) mass is 240 g/mol. The summed E-state index contributed by atoms with van der Waals surface area (Å²) in [5.41, 5.74) is 5.91. The lowest BCUT2D eigenvalue weighted by Gasteiger charge is -2.29. The van der Waals surface area contributed by atoms with Gasteiger partial charge in [0.25, 0.3) is 0 Å². The minimum atomic E-state index is -0.0121. The van der Waals surface area contributed by atoms with Gasteiger partial charge in [0, 0.05) is 18.5 Å². The van der Waals surface area contributed by atoms with Crippen molar-refractivity contribution in [1.82, 2.24) is 5.32 Å². The van der Waals surface area contributed by atoms with Crippen LogP contribution in [-0.4, -0.2) is 18.0 Å². The van der Waals surface area contributed by atoms with Gasteiger partial charge >= 0.3 is 0 Å². The van der Waals surface area contributed by atoms with Gasteiger partial charge in [-0.05, 0) is 37.5 Å². The van der Waals surface area contributed by atoms with Crippen molar-refractivity contribution in [2.45, 2.75) is 71.4 Å². The van der Waals surface area contributed by atoms with E-state index in [0.29, 0.717) is 18.4 Å². The van der Waals surface area contributed by atoms with Crippen LogP contribution in [0.15, 0.2) is 0 Å². The van der Waals surface area contributed by atoms with Crippen molar-refractivity contribution in [3.63, 3.8) is 0 Å². The summed E-state index contributed by atoms with van der Waals surface area (Å²) in [6.45, 7) is 6.38. The molecule has 1 saturated carbocycles. The average molecular weight is 240 g/mol. The van der Waals surface area contributed by atoms with Gasteiger partial charge in [-0.2, -0.15) is 0 Å². The van der Waals surface area contributed by atoms with Crippen molar-refractivity contribution < 1.29 is 4.79 Å². The van der Waals surface area contributed by atoms with Crippen LogP contribution in [0, 0.1) is 11.8 Å². The quantitative estimate of drug-likeness (QED) is 0.775. The van der Waals surface area contributed by atoms with E-state index in [-0.39, 0.29) is 11.9 Å². The molecule has 0 heterocycles. The molecular weight excluding hydrogens is 212 g/mol. The van der Waals surface area contributed by atoms with E-state index in [1.165, 1.54) is 19.3 Å². The van der Waals surface area contributed by atoms with E-state index in [1.807, 2.05) is 0 Å². The van der Waals surface area contributed by atoms with Gasteiger partial charge in [-0.25, -0.2) is 0 Å². The van der Waals surface area contributed by atoms with Gasteiger partial charge < -0.3 is 11.1 Å². The van der Waals surface area contributed by atoms with Gasteiger partial charge in [-0.1, -0.05) is 27.2 Å². The number of nitrogens with two attached hydrogens (primary N) is 1. The maximum Gasteiger partial charge on any atom is 0.221 e. The number of hydrogen-bond acceptors (Lipinski definition) is 2. The predicted molar refractivity (Wildman–Crippen MR) is 71.6 cm³/mol. The smallest absolute Gasteiger partial charge is 0.221 e. The first-order valence-corrected chi connectivity index (χ1v) is 7.07. The Bertz CT molecular complexity index is 232. The summed E-state index contributed by atoms with van der Waals surface area (Å²) in [7, 11) is 0. The molecule has 1 amide bonds. The molecule has 1 aliphatic carbocycles. The van der Waals surface area contributed by atoms with Crippen LogP contribution in [-0.2, 0) is 4.79 Å². The third kappa shape index (κ3) is 5.07. The molecule has 1 atom stereocenters. The largest absolute Gasteiger partial charge is 0.353 e. The molecule has 0 aromatic rings. The molecule has 1 rings (SSSR count). The average Bonchev–Trinajstić information content (AvgIpc) is 2.29. The van der Waals surface area contributed by atoms with E-state index in [2.05, 4.69) is 26.1 Å². The van der Waals surface area contributed by atoms with Crippen LogP contribution in [0.25, 0.3) is 0 Å². The second kappa shape index (κ2) is 7.00. The lowest BCUT2D eigenvalue weighted by Crippen LogP contribution is -2.41. The van der Waals surface area contributed by atoms with E-state index in [1.54, 1.807) is 0 Å². The number of carbonyl (C=O) groups is 1. The molecule has 0 spiro atoms. The molecule has 17 heavy (non-hydrogen) atoms. The number of nitrogens with one attached hydrogen (secondary N) is 1. The lowest BCUT2D eigenvalue weighted by atomic mass is 9.84. The van der Waals surface area contributed by atoms with Gasteiger partial charge in [0.2, 0.25) is 5.91 Å².